The molecule has 0 spiro atoms. The second kappa shape index (κ2) is 4.75. The van der Waals surface area contributed by atoms with Crippen molar-refractivity contribution in [1.29, 1.82) is 0 Å². The molecule has 0 amide bonds. The Balaban J connectivity index is 2.62. The van der Waals surface area contributed by atoms with Gasteiger partial charge in [-0.1, -0.05) is 20.8 Å². The molecule has 0 aromatic carbocycles. The van der Waals surface area contributed by atoms with Crippen molar-refractivity contribution in [3.05, 3.63) is 29.6 Å². The standard InChI is InChI=1S/C13H21NO/c1-10-6-8-14-9-11(10)12(15)5-7-13(2,3)4/h6,8-9,12,15H,5,7H2,1-4H3. The van der Waals surface area contributed by atoms with Crippen LogP contribution in [0.4, 0.5) is 0 Å². The zero-order valence-electron chi connectivity index (χ0n) is 10.1. The maximum Gasteiger partial charge on any atom is 0.0807 e. The molecule has 0 saturated heterocycles. The third-order valence-corrected chi connectivity index (χ3v) is 2.61. The third kappa shape index (κ3) is 4.00. The van der Waals surface area contributed by atoms with Crippen LogP contribution in [0.15, 0.2) is 18.5 Å². The van der Waals surface area contributed by atoms with Crippen LogP contribution in [0.1, 0.15) is 50.8 Å². The van der Waals surface area contributed by atoms with E-state index >= 15 is 0 Å². The van der Waals surface area contributed by atoms with Gasteiger partial charge in [-0.25, -0.2) is 0 Å². The first kappa shape index (κ1) is 12.2. The lowest BCUT2D eigenvalue weighted by Crippen LogP contribution is -2.09. The number of aryl methyl sites for hydroxylation is 1. The minimum Gasteiger partial charge on any atom is -0.388 e. The molecule has 1 aromatic rings. The Labute approximate surface area is 92.4 Å². The first-order valence-corrected chi connectivity index (χ1v) is 5.49. The van der Waals surface area contributed by atoms with Crippen molar-refractivity contribution in [2.75, 3.05) is 0 Å². The van der Waals surface area contributed by atoms with Crippen LogP contribution in [0.5, 0.6) is 0 Å². The highest BCUT2D eigenvalue weighted by atomic mass is 16.3. The summed E-state index contributed by atoms with van der Waals surface area (Å²) in [5.41, 5.74) is 2.35. The van der Waals surface area contributed by atoms with Gasteiger partial charge in [0.25, 0.3) is 0 Å². The largest absolute Gasteiger partial charge is 0.388 e. The summed E-state index contributed by atoms with van der Waals surface area (Å²) >= 11 is 0. The fraction of sp³-hybridized carbons (Fsp3) is 0.615. The Morgan fingerprint density at radius 2 is 2.07 bits per heavy atom. The van der Waals surface area contributed by atoms with Crippen LogP contribution in [-0.2, 0) is 0 Å². The van der Waals surface area contributed by atoms with Gasteiger partial charge in [0.2, 0.25) is 0 Å². The van der Waals surface area contributed by atoms with Crippen molar-refractivity contribution in [1.82, 2.24) is 4.98 Å². The van der Waals surface area contributed by atoms with Crippen molar-refractivity contribution in [3.8, 4) is 0 Å². The first-order valence-electron chi connectivity index (χ1n) is 5.49. The number of aromatic nitrogens is 1. The van der Waals surface area contributed by atoms with Gasteiger partial charge in [0.05, 0.1) is 6.10 Å². The molecule has 0 aliphatic carbocycles. The third-order valence-electron chi connectivity index (χ3n) is 2.61. The predicted octanol–water partition coefficient (Wildman–Crippen LogP) is 3.25. The van der Waals surface area contributed by atoms with Crippen LogP contribution in [-0.4, -0.2) is 10.1 Å². The molecule has 0 bridgehead atoms. The maximum absolute atomic E-state index is 10.0. The smallest absolute Gasteiger partial charge is 0.0807 e. The Bertz CT molecular complexity index is 315. The van der Waals surface area contributed by atoms with Gasteiger partial charge in [0.15, 0.2) is 0 Å². The van der Waals surface area contributed by atoms with E-state index in [-0.39, 0.29) is 11.5 Å². The fourth-order valence-electron chi connectivity index (χ4n) is 1.55. The molecule has 0 saturated carbocycles. The molecule has 1 heterocycles. The number of aliphatic hydroxyl groups is 1. The number of hydrogen-bond donors (Lipinski definition) is 1. The van der Waals surface area contributed by atoms with Crippen LogP contribution in [0, 0.1) is 12.3 Å². The molecule has 0 aliphatic rings. The molecule has 1 aromatic heterocycles. The Hall–Kier alpha value is -0.890. The maximum atomic E-state index is 10.0. The van der Waals surface area contributed by atoms with Crippen molar-refractivity contribution in [3.63, 3.8) is 0 Å². The van der Waals surface area contributed by atoms with Gasteiger partial charge in [0, 0.05) is 18.0 Å². The van der Waals surface area contributed by atoms with E-state index in [1.807, 2.05) is 13.0 Å². The van der Waals surface area contributed by atoms with E-state index in [2.05, 4.69) is 25.8 Å². The molecule has 1 atom stereocenters. The molecule has 1 rings (SSSR count). The SMILES string of the molecule is Cc1ccncc1C(O)CCC(C)(C)C. The van der Waals surface area contributed by atoms with E-state index in [9.17, 15) is 5.11 Å². The second-order valence-corrected chi connectivity index (χ2v) is 5.35. The highest BCUT2D eigenvalue weighted by Gasteiger charge is 2.15. The number of hydrogen-bond acceptors (Lipinski definition) is 2. The Morgan fingerprint density at radius 3 is 2.60 bits per heavy atom. The monoisotopic (exact) mass is 207 g/mol. The Kier molecular flexibility index (Phi) is 3.86. The summed E-state index contributed by atoms with van der Waals surface area (Å²) in [7, 11) is 0. The van der Waals surface area contributed by atoms with Crippen LogP contribution in [0.3, 0.4) is 0 Å². The predicted molar refractivity (Wildman–Crippen MR) is 62.6 cm³/mol. The summed E-state index contributed by atoms with van der Waals surface area (Å²) in [4.78, 5) is 4.05. The molecule has 2 nitrogen and oxygen atoms in total. The van der Waals surface area contributed by atoms with Gasteiger partial charge in [-0.15, -0.1) is 0 Å². The normalized spacial score (nSPS) is 13.9. The molecule has 15 heavy (non-hydrogen) atoms. The van der Waals surface area contributed by atoms with Crippen LogP contribution >= 0.6 is 0 Å². The lowest BCUT2D eigenvalue weighted by molar-refractivity contribution is 0.146. The minimum atomic E-state index is -0.377. The van der Waals surface area contributed by atoms with Gasteiger partial charge in [-0.2, -0.15) is 0 Å². The van der Waals surface area contributed by atoms with Gasteiger partial charge in [0.1, 0.15) is 0 Å². The van der Waals surface area contributed by atoms with Gasteiger partial charge < -0.3 is 5.11 Å². The van der Waals surface area contributed by atoms with Crippen LogP contribution in [0.2, 0.25) is 0 Å². The summed E-state index contributed by atoms with van der Waals surface area (Å²) in [6.07, 6.45) is 4.97. The minimum absolute atomic E-state index is 0.275. The number of aliphatic hydroxyl groups excluding tert-OH is 1. The highest BCUT2D eigenvalue weighted by Crippen LogP contribution is 2.28. The van der Waals surface area contributed by atoms with Gasteiger partial charge in [-0.05, 0) is 36.8 Å². The number of rotatable bonds is 3. The quantitative estimate of drug-likeness (QED) is 0.825. The van der Waals surface area contributed by atoms with Crippen molar-refractivity contribution in [2.24, 2.45) is 5.41 Å². The van der Waals surface area contributed by atoms with Crippen molar-refractivity contribution in [2.45, 2.75) is 46.6 Å². The first-order chi connectivity index (χ1) is 6.90. The van der Waals surface area contributed by atoms with E-state index in [0.717, 1.165) is 24.0 Å². The zero-order valence-corrected chi connectivity index (χ0v) is 10.1. The molecule has 0 fully saturated rings. The summed E-state index contributed by atoms with van der Waals surface area (Å²) in [5.74, 6) is 0. The average Bonchev–Trinajstić information content (AvgIpc) is 2.14. The fourth-order valence-corrected chi connectivity index (χ4v) is 1.55. The number of pyridine rings is 1. The molecular weight excluding hydrogens is 186 g/mol. The molecule has 2 heteroatoms. The second-order valence-electron chi connectivity index (χ2n) is 5.35. The molecule has 1 unspecified atom stereocenters. The van der Waals surface area contributed by atoms with E-state index in [1.54, 1.807) is 12.4 Å². The molecule has 0 aliphatic heterocycles. The van der Waals surface area contributed by atoms with E-state index in [4.69, 9.17) is 0 Å². The summed E-state index contributed by atoms with van der Waals surface area (Å²) in [6.45, 7) is 8.58. The lowest BCUT2D eigenvalue weighted by Gasteiger charge is -2.21. The summed E-state index contributed by atoms with van der Waals surface area (Å²) in [5, 5.41) is 10.0. The topological polar surface area (TPSA) is 33.1 Å². The van der Waals surface area contributed by atoms with Crippen LogP contribution < -0.4 is 0 Å². The van der Waals surface area contributed by atoms with Crippen molar-refractivity contribution >= 4 is 0 Å². The molecular formula is C13H21NO. The lowest BCUT2D eigenvalue weighted by atomic mass is 9.88. The number of nitrogens with zero attached hydrogens (tertiary/aromatic N) is 1. The summed E-state index contributed by atoms with van der Waals surface area (Å²) < 4.78 is 0. The highest BCUT2D eigenvalue weighted by molar-refractivity contribution is 5.23. The van der Waals surface area contributed by atoms with E-state index in [0.29, 0.717) is 0 Å². The van der Waals surface area contributed by atoms with Crippen molar-refractivity contribution < 1.29 is 5.11 Å². The molecule has 1 N–H and O–H groups in total. The van der Waals surface area contributed by atoms with Gasteiger partial charge in [-0.3, -0.25) is 4.98 Å². The molecule has 84 valence electrons. The van der Waals surface area contributed by atoms with Gasteiger partial charge >= 0.3 is 0 Å². The summed E-state index contributed by atoms with van der Waals surface area (Å²) in [6, 6.07) is 1.94. The Morgan fingerprint density at radius 1 is 1.40 bits per heavy atom. The van der Waals surface area contributed by atoms with E-state index in [1.165, 1.54) is 0 Å². The zero-order chi connectivity index (χ0) is 11.5. The molecule has 0 radical (unpaired) electrons. The average molecular weight is 207 g/mol. The van der Waals surface area contributed by atoms with Crippen LogP contribution in [0.25, 0.3) is 0 Å². The van der Waals surface area contributed by atoms with E-state index < -0.39 is 0 Å².